The summed E-state index contributed by atoms with van der Waals surface area (Å²) in [6, 6.07) is 5.32. The van der Waals surface area contributed by atoms with Crippen molar-refractivity contribution < 1.29 is 0 Å². The van der Waals surface area contributed by atoms with Crippen molar-refractivity contribution in [3.05, 3.63) is 34.5 Å². The highest BCUT2D eigenvalue weighted by Gasteiger charge is 2.30. The number of benzene rings is 1. The van der Waals surface area contributed by atoms with Crippen LogP contribution < -0.4 is 5.32 Å². The molecular formula is C16H20N2. The zero-order chi connectivity index (χ0) is 12.3. The van der Waals surface area contributed by atoms with Gasteiger partial charge in [0.2, 0.25) is 0 Å². The van der Waals surface area contributed by atoms with E-state index in [1.165, 1.54) is 35.9 Å². The molecule has 0 spiro atoms. The van der Waals surface area contributed by atoms with Crippen LogP contribution in [0.4, 0.5) is 0 Å². The van der Waals surface area contributed by atoms with Crippen molar-refractivity contribution in [3.8, 4) is 0 Å². The molecule has 1 N–H and O–H groups in total. The number of fused-ring (bicyclic) bond motifs is 3. The molecule has 2 aliphatic rings. The van der Waals surface area contributed by atoms with Crippen molar-refractivity contribution in [2.24, 2.45) is 0 Å². The molecule has 0 amide bonds. The SMILES string of the molecule is Cc1cc(C)c2c3c4n(c2c1)CCNC4CCC3. The molecule has 1 aromatic heterocycles. The van der Waals surface area contributed by atoms with Gasteiger partial charge in [0.15, 0.2) is 0 Å². The van der Waals surface area contributed by atoms with Crippen LogP contribution in [-0.2, 0) is 13.0 Å². The first-order valence-electron chi connectivity index (χ1n) is 7.11. The van der Waals surface area contributed by atoms with E-state index in [0.717, 1.165) is 13.1 Å². The van der Waals surface area contributed by atoms with Crippen molar-refractivity contribution in [3.63, 3.8) is 0 Å². The van der Waals surface area contributed by atoms with Crippen LogP contribution in [-0.4, -0.2) is 11.1 Å². The lowest BCUT2D eigenvalue weighted by Gasteiger charge is -2.31. The average Bonchev–Trinajstić information content (AvgIpc) is 2.67. The van der Waals surface area contributed by atoms with Gasteiger partial charge in [-0.25, -0.2) is 0 Å². The Morgan fingerprint density at radius 1 is 1.28 bits per heavy atom. The lowest BCUT2D eigenvalue weighted by Crippen LogP contribution is -2.35. The minimum atomic E-state index is 0.606. The molecule has 0 saturated heterocycles. The fraction of sp³-hybridized carbons (Fsp3) is 0.500. The van der Waals surface area contributed by atoms with Crippen molar-refractivity contribution in [2.45, 2.75) is 45.7 Å². The Morgan fingerprint density at radius 3 is 3.06 bits per heavy atom. The van der Waals surface area contributed by atoms with Crippen LogP contribution in [0.2, 0.25) is 0 Å². The zero-order valence-corrected chi connectivity index (χ0v) is 11.2. The zero-order valence-electron chi connectivity index (χ0n) is 11.2. The molecular weight excluding hydrogens is 220 g/mol. The maximum atomic E-state index is 3.69. The molecule has 18 heavy (non-hydrogen) atoms. The summed E-state index contributed by atoms with van der Waals surface area (Å²) in [5, 5.41) is 5.24. The second kappa shape index (κ2) is 3.61. The fourth-order valence-corrected chi connectivity index (χ4v) is 4.03. The fourth-order valence-electron chi connectivity index (χ4n) is 4.03. The van der Waals surface area contributed by atoms with Crippen LogP contribution in [0.25, 0.3) is 10.9 Å². The van der Waals surface area contributed by atoms with Crippen LogP contribution in [0.15, 0.2) is 12.1 Å². The van der Waals surface area contributed by atoms with Gasteiger partial charge in [-0.1, -0.05) is 6.07 Å². The van der Waals surface area contributed by atoms with Gasteiger partial charge in [0.1, 0.15) is 0 Å². The summed E-state index contributed by atoms with van der Waals surface area (Å²) in [6.07, 6.45) is 3.90. The van der Waals surface area contributed by atoms with Gasteiger partial charge >= 0.3 is 0 Å². The largest absolute Gasteiger partial charge is 0.342 e. The van der Waals surface area contributed by atoms with Crippen LogP contribution in [0.3, 0.4) is 0 Å². The topological polar surface area (TPSA) is 17.0 Å². The van der Waals surface area contributed by atoms with Crippen LogP contribution >= 0.6 is 0 Å². The van der Waals surface area contributed by atoms with Crippen LogP contribution in [0, 0.1) is 13.8 Å². The molecule has 2 heterocycles. The average molecular weight is 240 g/mol. The third-order valence-electron chi connectivity index (χ3n) is 4.63. The number of aryl methyl sites for hydroxylation is 3. The second-order valence-corrected chi connectivity index (χ2v) is 5.89. The number of nitrogens with one attached hydrogen (secondary N) is 1. The van der Waals surface area contributed by atoms with Crippen molar-refractivity contribution in [1.82, 2.24) is 9.88 Å². The quantitative estimate of drug-likeness (QED) is 0.748. The van der Waals surface area contributed by atoms with Gasteiger partial charge in [0.25, 0.3) is 0 Å². The molecule has 0 saturated carbocycles. The lowest BCUT2D eigenvalue weighted by molar-refractivity contribution is 0.384. The van der Waals surface area contributed by atoms with E-state index < -0.39 is 0 Å². The monoisotopic (exact) mass is 240 g/mol. The number of rotatable bonds is 0. The minimum Gasteiger partial charge on any atom is -0.342 e. The highest BCUT2D eigenvalue weighted by Crippen LogP contribution is 2.40. The molecule has 0 bridgehead atoms. The van der Waals surface area contributed by atoms with Gasteiger partial charge in [-0.05, 0) is 55.9 Å². The minimum absolute atomic E-state index is 0.606. The normalized spacial score (nSPS) is 22.2. The standard InChI is InChI=1S/C16H20N2/c1-10-8-11(2)15-12-4-3-5-13-16(12)18(7-6-17-13)14(15)9-10/h8-9,13,17H,3-7H2,1-2H3. The molecule has 2 aromatic rings. The maximum Gasteiger partial charge on any atom is 0.0491 e. The van der Waals surface area contributed by atoms with Crippen molar-refractivity contribution >= 4 is 10.9 Å². The first-order chi connectivity index (χ1) is 8.75. The maximum absolute atomic E-state index is 3.69. The van der Waals surface area contributed by atoms with E-state index in [1.54, 1.807) is 16.6 Å². The molecule has 1 aliphatic carbocycles. The first kappa shape index (κ1) is 10.6. The molecule has 1 unspecified atom stereocenters. The molecule has 94 valence electrons. The number of hydrogen-bond acceptors (Lipinski definition) is 1. The summed E-state index contributed by atoms with van der Waals surface area (Å²) in [4.78, 5) is 0. The van der Waals surface area contributed by atoms with Crippen molar-refractivity contribution in [1.29, 1.82) is 0 Å². The number of nitrogens with zero attached hydrogens (tertiary/aromatic N) is 1. The van der Waals surface area contributed by atoms with Gasteiger partial charge in [-0.2, -0.15) is 0 Å². The predicted molar refractivity (Wildman–Crippen MR) is 75.1 cm³/mol. The highest BCUT2D eigenvalue weighted by molar-refractivity contribution is 5.90. The molecule has 2 nitrogen and oxygen atoms in total. The second-order valence-electron chi connectivity index (χ2n) is 5.89. The predicted octanol–water partition coefficient (Wildman–Crippen LogP) is 3.24. The van der Waals surface area contributed by atoms with E-state index >= 15 is 0 Å². The van der Waals surface area contributed by atoms with Gasteiger partial charge in [0.05, 0.1) is 0 Å². The van der Waals surface area contributed by atoms with E-state index in [-0.39, 0.29) is 0 Å². The highest BCUT2D eigenvalue weighted by atomic mass is 15.1. The Hall–Kier alpha value is -1.28. The molecule has 2 heteroatoms. The Balaban J connectivity index is 2.15. The van der Waals surface area contributed by atoms with Gasteiger partial charge in [-0.15, -0.1) is 0 Å². The molecule has 0 fully saturated rings. The van der Waals surface area contributed by atoms with E-state index in [9.17, 15) is 0 Å². The van der Waals surface area contributed by atoms with Gasteiger partial charge in [0, 0.05) is 35.7 Å². The van der Waals surface area contributed by atoms with Gasteiger partial charge in [-0.3, -0.25) is 0 Å². The van der Waals surface area contributed by atoms with E-state index in [4.69, 9.17) is 0 Å². The summed E-state index contributed by atoms with van der Waals surface area (Å²) in [5.41, 5.74) is 7.55. The van der Waals surface area contributed by atoms with Gasteiger partial charge < -0.3 is 9.88 Å². The number of hydrogen-bond donors (Lipinski definition) is 1. The lowest BCUT2D eigenvalue weighted by atomic mass is 9.90. The van der Waals surface area contributed by atoms with Crippen LogP contribution in [0.1, 0.15) is 41.3 Å². The Labute approximate surface area is 108 Å². The summed E-state index contributed by atoms with van der Waals surface area (Å²) < 4.78 is 2.59. The molecule has 0 radical (unpaired) electrons. The molecule has 4 rings (SSSR count). The first-order valence-corrected chi connectivity index (χ1v) is 7.11. The van der Waals surface area contributed by atoms with Crippen molar-refractivity contribution in [2.75, 3.05) is 6.54 Å². The van der Waals surface area contributed by atoms with E-state index in [2.05, 4.69) is 35.9 Å². The Kier molecular flexibility index (Phi) is 2.13. The Morgan fingerprint density at radius 2 is 2.17 bits per heavy atom. The summed E-state index contributed by atoms with van der Waals surface area (Å²) >= 11 is 0. The molecule has 1 aromatic carbocycles. The third kappa shape index (κ3) is 1.27. The summed E-state index contributed by atoms with van der Waals surface area (Å²) in [6.45, 7) is 6.73. The summed E-state index contributed by atoms with van der Waals surface area (Å²) in [7, 11) is 0. The van der Waals surface area contributed by atoms with Crippen LogP contribution in [0.5, 0.6) is 0 Å². The third-order valence-corrected chi connectivity index (χ3v) is 4.63. The molecule has 1 aliphatic heterocycles. The van der Waals surface area contributed by atoms with E-state index in [0.29, 0.717) is 6.04 Å². The van der Waals surface area contributed by atoms with E-state index in [1.807, 2.05) is 0 Å². The summed E-state index contributed by atoms with van der Waals surface area (Å²) in [5.74, 6) is 0. The molecule has 1 atom stereocenters. The Bertz CT molecular complexity index is 634. The number of aromatic nitrogens is 1. The smallest absolute Gasteiger partial charge is 0.0491 e.